The minimum absolute atomic E-state index is 0.0688. The number of fused-ring (bicyclic) bond motifs is 1. The number of benzene rings is 1. The smallest absolute Gasteiger partial charge is 0.253 e. The summed E-state index contributed by atoms with van der Waals surface area (Å²) in [4.78, 5) is 17.1. The van der Waals surface area contributed by atoms with E-state index in [-0.39, 0.29) is 5.91 Å². The highest BCUT2D eigenvalue weighted by molar-refractivity contribution is 9.10. The second kappa shape index (κ2) is 8.61. The zero-order chi connectivity index (χ0) is 19.5. The van der Waals surface area contributed by atoms with E-state index in [2.05, 4.69) is 35.6 Å². The Bertz CT molecular complexity index is 845. The predicted octanol–water partition coefficient (Wildman–Crippen LogP) is 2.73. The Labute approximate surface area is 173 Å². The molecule has 1 aromatic heterocycles. The van der Waals surface area contributed by atoms with Crippen molar-refractivity contribution in [1.29, 1.82) is 0 Å². The van der Waals surface area contributed by atoms with Crippen LogP contribution in [0.3, 0.4) is 0 Å². The molecule has 0 unspecified atom stereocenters. The molecular formula is C20H26BrN5O2. The number of amides is 1. The van der Waals surface area contributed by atoms with E-state index in [1.165, 1.54) is 19.3 Å². The Hall–Kier alpha value is -1.93. The fourth-order valence-electron chi connectivity index (χ4n) is 3.95. The molecule has 8 heteroatoms. The molecular weight excluding hydrogens is 422 g/mol. The summed E-state index contributed by atoms with van der Waals surface area (Å²) in [5, 5.41) is 8.83. The number of methoxy groups -OCH3 is 1. The van der Waals surface area contributed by atoms with Crippen LogP contribution in [0.4, 0.5) is 0 Å². The van der Waals surface area contributed by atoms with Gasteiger partial charge in [0.15, 0.2) is 0 Å². The van der Waals surface area contributed by atoms with Crippen LogP contribution in [0.1, 0.15) is 41.3 Å². The molecule has 1 aromatic carbocycles. The van der Waals surface area contributed by atoms with Crippen molar-refractivity contribution in [2.45, 2.75) is 38.8 Å². The van der Waals surface area contributed by atoms with Gasteiger partial charge in [0, 0.05) is 44.7 Å². The Balaban J connectivity index is 1.35. The second-order valence-electron chi connectivity index (χ2n) is 7.41. The maximum Gasteiger partial charge on any atom is 0.253 e. The third-order valence-electron chi connectivity index (χ3n) is 5.61. The standard InChI is InChI=1S/C20H26BrN5O2/c1-28-17-7-6-15(13-16(17)21)20(27)25-11-9-24(10-12-25)14-19-23-22-18-5-3-2-4-8-26(18)19/h6-7,13H,2-5,8-12,14H2,1H3. The fraction of sp³-hybridized carbons (Fsp3) is 0.550. The van der Waals surface area contributed by atoms with Crippen LogP contribution in [-0.4, -0.2) is 63.8 Å². The molecule has 0 saturated carbocycles. The summed E-state index contributed by atoms with van der Waals surface area (Å²) < 4.78 is 8.35. The van der Waals surface area contributed by atoms with Gasteiger partial charge in [0.1, 0.15) is 17.4 Å². The highest BCUT2D eigenvalue weighted by atomic mass is 79.9. The van der Waals surface area contributed by atoms with E-state index in [1.807, 2.05) is 23.1 Å². The van der Waals surface area contributed by atoms with Gasteiger partial charge < -0.3 is 14.2 Å². The van der Waals surface area contributed by atoms with E-state index in [1.54, 1.807) is 7.11 Å². The van der Waals surface area contributed by atoms with E-state index in [9.17, 15) is 4.79 Å². The molecule has 1 fully saturated rings. The summed E-state index contributed by atoms with van der Waals surface area (Å²) in [6.45, 7) is 5.00. The maximum absolute atomic E-state index is 12.8. The maximum atomic E-state index is 12.8. The summed E-state index contributed by atoms with van der Waals surface area (Å²) >= 11 is 3.46. The third-order valence-corrected chi connectivity index (χ3v) is 6.23. The number of aromatic nitrogens is 3. The molecule has 0 bridgehead atoms. The zero-order valence-electron chi connectivity index (χ0n) is 16.2. The Morgan fingerprint density at radius 1 is 1.11 bits per heavy atom. The number of halogens is 1. The number of ether oxygens (including phenoxy) is 1. The summed E-state index contributed by atoms with van der Waals surface area (Å²) in [7, 11) is 1.62. The van der Waals surface area contributed by atoms with Crippen LogP contribution in [-0.2, 0) is 19.5 Å². The van der Waals surface area contributed by atoms with Crippen molar-refractivity contribution in [2.24, 2.45) is 0 Å². The molecule has 7 nitrogen and oxygen atoms in total. The molecule has 0 N–H and O–H groups in total. The molecule has 1 saturated heterocycles. The molecule has 150 valence electrons. The van der Waals surface area contributed by atoms with Gasteiger partial charge in [-0.2, -0.15) is 0 Å². The van der Waals surface area contributed by atoms with Gasteiger partial charge in [-0.1, -0.05) is 6.42 Å². The number of hydrogen-bond donors (Lipinski definition) is 0. The van der Waals surface area contributed by atoms with Gasteiger partial charge in [0.2, 0.25) is 0 Å². The number of hydrogen-bond acceptors (Lipinski definition) is 5. The van der Waals surface area contributed by atoms with Crippen molar-refractivity contribution < 1.29 is 9.53 Å². The topological polar surface area (TPSA) is 63.5 Å². The first-order chi connectivity index (χ1) is 13.7. The van der Waals surface area contributed by atoms with Gasteiger partial charge in [-0.25, -0.2) is 0 Å². The molecule has 4 rings (SSSR count). The lowest BCUT2D eigenvalue weighted by molar-refractivity contribution is 0.0623. The van der Waals surface area contributed by atoms with Gasteiger partial charge >= 0.3 is 0 Å². The number of rotatable bonds is 4. The average Bonchev–Trinajstić information content (AvgIpc) is 2.94. The normalized spacial score (nSPS) is 17.9. The minimum atomic E-state index is 0.0688. The molecule has 28 heavy (non-hydrogen) atoms. The summed E-state index contributed by atoms with van der Waals surface area (Å²) in [6, 6.07) is 5.48. The Morgan fingerprint density at radius 2 is 1.93 bits per heavy atom. The molecule has 1 amide bonds. The van der Waals surface area contributed by atoms with Gasteiger partial charge in [0.25, 0.3) is 5.91 Å². The number of aryl methyl sites for hydroxylation is 1. The van der Waals surface area contributed by atoms with Crippen LogP contribution in [0.2, 0.25) is 0 Å². The van der Waals surface area contributed by atoms with E-state index in [0.29, 0.717) is 5.56 Å². The monoisotopic (exact) mass is 447 g/mol. The van der Waals surface area contributed by atoms with Crippen molar-refractivity contribution >= 4 is 21.8 Å². The van der Waals surface area contributed by atoms with Crippen molar-refractivity contribution in [3.63, 3.8) is 0 Å². The lowest BCUT2D eigenvalue weighted by Crippen LogP contribution is -2.48. The van der Waals surface area contributed by atoms with E-state index in [0.717, 1.165) is 67.6 Å². The molecule has 0 radical (unpaired) electrons. The van der Waals surface area contributed by atoms with Crippen LogP contribution in [0.15, 0.2) is 22.7 Å². The van der Waals surface area contributed by atoms with E-state index < -0.39 is 0 Å². The highest BCUT2D eigenvalue weighted by Crippen LogP contribution is 2.26. The van der Waals surface area contributed by atoms with E-state index >= 15 is 0 Å². The fourth-order valence-corrected chi connectivity index (χ4v) is 4.49. The Kier molecular flexibility index (Phi) is 5.96. The summed E-state index contributed by atoms with van der Waals surface area (Å²) in [6.07, 6.45) is 4.72. The zero-order valence-corrected chi connectivity index (χ0v) is 17.8. The van der Waals surface area contributed by atoms with Gasteiger partial charge in [-0.15, -0.1) is 10.2 Å². The highest BCUT2D eigenvalue weighted by Gasteiger charge is 2.24. The largest absolute Gasteiger partial charge is 0.496 e. The Morgan fingerprint density at radius 3 is 2.68 bits per heavy atom. The van der Waals surface area contributed by atoms with E-state index in [4.69, 9.17) is 4.74 Å². The third kappa shape index (κ3) is 4.07. The van der Waals surface area contributed by atoms with Crippen LogP contribution in [0.5, 0.6) is 5.75 Å². The summed E-state index contributed by atoms with van der Waals surface area (Å²) in [5.74, 6) is 3.00. The minimum Gasteiger partial charge on any atom is -0.496 e. The first-order valence-corrected chi connectivity index (χ1v) is 10.7. The lowest BCUT2D eigenvalue weighted by atomic mass is 10.1. The van der Waals surface area contributed by atoms with Crippen LogP contribution >= 0.6 is 15.9 Å². The number of nitrogens with zero attached hydrogens (tertiary/aromatic N) is 5. The number of carbonyl (C=O) groups is 1. The SMILES string of the molecule is COc1ccc(C(=O)N2CCN(Cc3nnc4n3CCCCC4)CC2)cc1Br. The second-order valence-corrected chi connectivity index (χ2v) is 8.27. The molecule has 2 aliphatic rings. The molecule has 3 heterocycles. The number of carbonyl (C=O) groups excluding carboxylic acids is 1. The molecule has 0 atom stereocenters. The molecule has 2 aliphatic heterocycles. The van der Waals surface area contributed by atoms with Crippen LogP contribution in [0, 0.1) is 0 Å². The van der Waals surface area contributed by atoms with Crippen molar-refractivity contribution in [1.82, 2.24) is 24.6 Å². The van der Waals surface area contributed by atoms with Crippen molar-refractivity contribution in [3.05, 3.63) is 39.9 Å². The first-order valence-electron chi connectivity index (χ1n) is 9.92. The van der Waals surface area contributed by atoms with Gasteiger partial charge in [-0.3, -0.25) is 9.69 Å². The average molecular weight is 448 g/mol. The van der Waals surface area contributed by atoms with Crippen LogP contribution in [0.25, 0.3) is 0 Å². The molecule has 0 aliphatic carbocycles. The molecule has 2 aromatic rings. The predicted molar refractivity (Wildman–Crippen MR) is 109 cm³/mol. The van der Waals surface area contributed by atoms with Gasteiger partial charge in [0.05, 0.1) is 18.1 Å². The molecule has 0 spiro atoms. The van der Waals surface area contributed by atoms with Crippen LogP contribution < -0.4 is 4.74 Å². The number of piperazine rings is 1. The lowest BCUT2D eigenvalue weighted by Gasteiger charge is -2.34. The van der Waals surface area contributed by atoms with Gasteiger partial charge in [-0.05, 0) is 47.0 Å². The van der Waals surface area contributed by atoms with Crippen molar-refractivity contribution in [2.75, 3.05) is 33.3 Å². The summed E-state index contributed by atoms with van der Waals surface area (Å²) in [5.41, 5.74) is 0.684. The first kappa shape index (κ1) is 19.4. The van der Waals surface area contributed by atoms with Crippen molar-refractivity contribution in [3.8, 4) is 5.75 Å². The quantitative estimate of drug-likeness (QED) is 0.720.